The first-order valence-corrected chi connectivity index (χ1v) is 12.5. The SMILES string of the molecule is CC(C)(O)Cn1cc(C(=O)NC2CCC[C@H](Nc3cc(C(F)(F)F)nc4ccc(Cl)cc34)C2)c(C(F)(F)F)n1. The van der Waals surface area contributed by atoms with Crippen LogP contribution in [0.25, 0.3) is 10.9 Å². The van der Waals surface area contributed by atoms with Crippen molar-refractivity contribution in [1.82, 2.24) is 20.1 Å². The molecule has 3 aromatic rings. The number of amides is 1. The molecule has 1 aromatic carbocycles. The van der Waals surface area contributed by atoms with Crippen molar-refractivity contribution in [3.8, 4) is 0 Å². The predicted molar refractivity (Wildman–Crippen MR) is 132 cm³/mol. The number of fused-ring (bicyclic) bond motifs is 1. The number of halogens is 7. The molecule has 1 saturated carbocycles. The second-order valence-corrected chi connectivity index (χ2v) is 10.7. The summed E-state index contributed by atoms with van der Waals surface area (Å²) in [4.78, 5) is 16.6. The fraction of sp³-hybridized carbons (Fsp3) is 0.480. The second kappa shape index (κ2) is 10.5. The molecule has 14 heteroatoms. The van der Waals surface area contributed by atoms with Crippen LogP contribution in [0.4, 0.5) is 32.0 Å². The van der Waals surface area contributed by atoms with Gasteiger partial charge in [0.15, 0.2) is 5.69 Å². The number of alkyl halides is 6. The summed E-state index contributed by atoms with van der Waals surface area (Å²) >= 11 is 6.06. The lowest BCUT2D eigenvalue weighted by atomic mass is 9.90. The van der Waals surface area contributed by atoms with Gasteiger partial charge in [-0.3, -0.25) is 9.48 Å². The quantitative estimate of drug-likeness (QED) is 0.310. The van der Waals surface area contributed by atoms with Gasteiger partial charge in [-0.2, -0.15) is 31.4 Å². The number of pyridine rings is 1. The van der Waals surface area contributed by atoms with E-state index in [9.17, 15) is 36.2 Å². The molecule has 1 aliphatic rings. The fourth-order valence-corrected chi connectivity index (χ4v) is 4.84. The van der Waals surface area contributed by atoms with Crippen molar-refractivity contribution in [2.75, 3.05) is 5.32 Å². The Morgan fingerprint density at radius 1 is 1.10 bits per heavy atom. The molecule has 39 heavy (non-hydrogen) atoms. The van der Waals surface area contributed by atoms with E-state index in [-0.39, 0.29) is 30.2 Å². The van der Waals surface area contributed by atoms with E-state index in [0.29, 0.717) is 29.7 Å². The zero-order chi connectivity index (χ0) is 28.8. The Labute approximate surface area is 224 Å². The van der Waals surface area contributed by atoms with Gasteiger partial charge in [0, 0.05) is 34.4 Å². The average Bonchev–Trinajstić information content (AvgIpc) is 3.22. The summed E-state index contributed by atoms with van der Waals surface area (Å²) in [6.07, 6.45) is -6.76. The average molecular weight is 578 g/mol. The summed E-state index contributed by atoms with van der Waals surface area (Å²) in [6, 6.07) is 4.30. The normalized spacial score (nSPS) is 18.8. The highest BCUT2D eigenvalue weighted by atomic mass is 35.5. The Morgan fingerprint density at radius 3 is 2.44 bits per heavy atom. The number of nitrogens with zero attached hydrogens (tertiary/aromatic N) is 3. The number of hydrogen-bond acceptors (Lipinski definition) is 5. The van der Waals surface area contributed by atoms with Crippen molar-refractivity contribution in [2.45, 2.75) is 76.1 Å². The molecular formula is C25H26ClF6N5O2. The molecule has 1 unspecified atom stereocenters. The topological polar surface area (TPSA) is 92.1 Å². The molecule has 4 rings (SSSR count). The first-order valence-electron chi connectivity index (χ1n) is 12.1. The Morgan fingerprint density at radius 2 is 1.79 bits per heavy atom. The van der Waals surface area contributed by atoms with Crippen LogP contribution in [-0.4, -0.2) is 43.5 Å². The van der Waals surface area contributed by atoms with Gasteiger partial charge in [0.2, 0.25) is 0 Å². The van der Waals surface area contributed by atoms with Crippen molar-refractivity contribution >= 4 is 34.1 Å². The van der Waals surface area contributed by atoms with Gasteiger partial charge in [-0.1, -0.05) is 11.6 Å². The van der Waals surface area contributed by atoms with Gasteiger partial charge in [0.1, 0.15) is 5.69 Å². The van der Waals surface area contributed by atoms with Crippen LogP contribution in [-0.2, 0) is 18.9 Å². The highest BCUT2D eigenvalue weighted by Crippen LogP contribution is 2.36. The van der Waals surface area contributed by atoms with Crippen LogP contribution in [0.1, 0.15) is 61.3 Å². The van der Waals surface area contributed by atoms with Crippen LogP contribution in [0, 0.1) is 0 Å². The number of nitrogens with one attached hydrogen (secondary N) is 2. The number of anilines is 1. The van der Waals surface area contributed by atoms with Crippen molar-refractivity contribution in [3.63, 3.8) is 0 Å². The molecule has 0 spiro atoms. The number of aromatic nitrogens is 3. The molecule has 1 fully saturated rings. The van der Waals surface area contributed by atoms with E-state index in [0.717, 1.165) is 16.9 Å². The van der Waals surface area contributed by atoms with E-state index in [1.54, 1.807) is 0 Å². The van der Waals surface area contributed by atoms with E-state index >= 15 is 0 Å². The van der Waals surface area contributed by atoms with Crippen LogP contribution in [0.2, 0.25) is 5.02 Å². The predicted octanol–water partition coefficient (Wildman–Crippen LogP) is 6.05. The molecule has 212 valence electrons. The van der Waals surface area contributed by atoms with Gasteiger partial charge < -0.3 is 15.7 Å². The minimum atomic E-state index is -4.89. The third-order valence-electron chi connectivity index (χ3n) is 6.25. The van der Waals surface area contributed by atoms with E-state index < -0.39 is 46.9 Å². The van der Waals surface area contributed by atoms with Crippen molar-refractivity contribution in [1.29, 1.82) is 0 Å². The first-order chi connectivity index (χ1) is 18.0. The molecule has 2 atom stereocenters. The first kappa shape index (κ1) is 28.9. The molecule has 7 nitrogen and oxygen atoms in total. The molecule has 0 bridgehead atoms. The lowest BCUT2D eigenvalue weighted by Gasteiger charge is -2.31. The van der Waals surface area contributed by atoms with Crippen molar-refractivity contribution < 1.29 is 36.2 Å². The molecule has 0 radical (unpaired) electrons. The Kier molecular flexibility index (Phi) is 7.78. The van der Waals surface area contributed by atoms with E-state index in [1.165, 1.54) is 32.0 Å². The Balaban J connectivity index is 1.54. The van der Waals surface area contributed by atoms with E-state index in [4.69, 9.17) is 11.6 Å². The molecule has 2 heterocycles. The van der Waals surface area contributed by atoms with E-state index in [2.05, 4.69) is 20.7 Å². The third kappa shape index (κ3) is 7.13. The number of carbonyl (C=O) groups excluding carboxylic acids is 1. The zero-order valence-corrected chi connectivity index (χ0v) is 21.7. The summed E-state index contributed by atoms with van der Waals surface area (Å²) in [5.74, 6) is -0.976. The van der Waals surface area contributed by atoms with Gasteiger partial charge in [0.05, 0.1) is 23.2 Å². The van der Waals surface area contributed by atoms with Crippen LogP contribution in [0.3, 0.4) is 0 Å². The summed E-state index contributed by atoms with van der Waals surface area (Å²) in [5, 5.41) is 19.8. The number of hydrogen-bond donors (Lipinski definition) is 3. The molecule has 1 aliphatic carbocycles. The number of rotatable bonds is 6. The fourth-order valence-electron chi connectivity index (χ4n) is 4.67. The molecule has 0 aliphatic heterocycles. The lowest BCUT2D eigenvalue weighted by molar-refractivity contribution is -0.142. The van der Waals surface area contributed by atoms with Crippen LogP contribution in [0.15, 0.2) is 30.5 Å². The maximum Gasteiger partial charge on any atom is 0.435 e. The highest BCUT2D eigenvalue weighted by Gasteiger charge is 2.40. The summed E-state index contributed by atoms with van der Waals surface area (Å²) in [5.41, 5.74) is -4.22. The molecule has 2 aromatic heterocycles. The summed E-state index contributed by atoms with van der Waals surface area (Å²) in [7, 11) is 0. The standard InChI is InChI=1S/C25H26ClF6N5O2/c1-23(2,39)12-37-11-17(21(36-37)25(30,31)32)22(38)34-15-5-3-4-14(9-15)33-19-10-20(24(27,28)29)35-18-7-6-13(26)8-16(18)19/h6-8,10-11,14-15,39H,3-5,9,12H2,1-2H3,(H,33,35)(H,34,38)/t14-,15?/m0/s1. The Hall–Kier alpha value is -3.06. The minimum absolute atomic E-state index is 0.0973. The van der Waals surface area contributed by atoms with Crippen molar-refractivity contribution in [3.05, 3.63) is 52.4 Å². The monoisotopic (exact) mass is 577 g/mol. The molecular weight excluding hydrogens is 552 g/mol. The lowest BCUT2D eigenvalue weighted by Crippen LogP contribution is -2.42. The van der Waals surface area contributed by atoms with E-state index in [1.807, 2.05) is 0 Å². The van der Waals surface area contributed by atoms with Crippen LogP contribution in [0.5, 0.6) is 0 Å². The van der Waals surface area contributed by atoms with Gasteiger partial charge >= 0.3 is 12.4 Å². The van der Waals surface area contributed by atoms with Crippen molar-refractivity contribution in [2.24, 2.45) is 0 Å². The maximum atomic E-state index is 13.6. The van der Waals surface area contributed by atoms with Gasteiger partial charge in [-0.05, 0) is 63.8 Å². The zero-order valence-electron chi connectivity index (χ0n) is 20.9. The Bertz CT molecular complexity index is 1370. The highest BCUT2D eigenvalue weighted by molar-refractivity contribution is 6.31. The minimum Gasteiger partial charge on any atom is -0.389 e. The van der Waals surface area contributed by atoms with Gasteiger partial charge in [0.25, 0.3) is 5.91 Å². The number of aliphatic hydroxyl groups is 1. The third-order valence-corrected chi connectivity index (χ3v) is 6.49. The summed E-state index contributed by atoms with van der Waals surface area (Å²) in [6.45, 7) is 2.53. The smallest absolute Gasteiger partial charge is 0.389 e. The van der Waals surface area contributed by atoms with Crippen LogP contribution < -0.4 is 10.6 Å². The molecule has 3 N–H and O–H groups in total. The summed E-state index contributed by atoms with van der Waals surface area (Å²) < 4.78 is 82.0. The van der Waals surface area contributed by atoms with Gasteiger partial charge in [-0.25, -0.2) is 4.98 Å². The second-order valence-electron chi connectivity index (χ2n) is 10.3. The molecule has 1 amide bonds. The largest absolute Gasteiger partial charge is 0.435 e. The van der Waals surface area contributed by atoms with Gasteiger partial charge in [-0.15, -0.1) is 0 Å². The number of carbonyl (C=O) groups is 1. The van der Waals surface area contributed by atoms with Crippen LogP contribution >= 0.6 is 11.6 Å². The maximum absolute atomic E-state index is 13.6. The molecule has 0 saturated heterocycles. The number of benzene rings is 1.